The zero-order valence-electron chi connectivity index (χ0n) is 10.7. The predicted molar refractivity (Wildman–Crippen MR) is 74.4 cm³/mol. The van der Waals surface area contributed by atoms with E-state index in [0.717, 1.165) is 22.6 Å². The Labute approximate surface area is 112 Å². The molecule has 1 heterocycles. The molecule has 3 nitrogen and oxygen atoms in total. The lowest BCUT2D eigenvalue weighted by Gasteiger charge is -2.21. The SMILES string of the molecule is CCCCC(CC)CC(NN)c1ccoc1Br. The van der Waals surface area contributed by atoms with Crippen molar-refractivity contribution in [3.05, 3.63) is 22.6 Å². The van der Waals surface area contributed by atoms with Crippen LogP contribution >= 0.6 is 15.9 Å². The Morgan fingerprint density at radius 2 is 2.24 bits per heavy atom. The topological polar surface area (TPSA) is 51.2 Å². The van der Waals surface area contributed by atoms with Crippen LogP contribution in [-0.4, -0.2) is 0 Å². The summed E-state index contributed by atoms with van der Waals surface area (Å²) in [5.74, 6) is 6.37. The molecule has 0 spiro atoms. The summed E-state index contributed by atoms with van der Waals surface area (Å²) in [6.07, 6.45) is 7.78. The van der Waals surface area contributed by atoms with E-state index in [2.05, 4.69) is 35.2 Å². The molecule has 98 valence electrons. The average molecular weight is 303 g/mol. The molecule has 0 aliphatic carbocycles. The smallest absolute Gasteiger partial charge is 0.173 e. The first-order valence-electron chi connectivity index (χ1n) is 6.41. The summed E-state index contributed by atoms with van der Waals surface area (Å²) in [6, 6.07) is 2.14. The fourth-order valence-electron chi connectivity index (χ4n) is 2.15. The Morgan fingerprint density at radius 1 is 1.47 bits per heavy atom. The third-order valence-electron chi connectivity index (χ3n) is 3.33. The molecule has 1 aromatic rings. The van der Waals surface area contributed by atoms with Crippen LogP contribution in [0, 0.1) is 5.92 Å². The van der Waals surface area contributed by atoms with E-state index in [1.165, 1.54) is 25.7 Å². The molecule has 0 aliphatic heterocycles. The lowest BCUT2D eigenvalue weighted by Crippen LogP contribution is -2.29. The number of hydrogen-bond acceptors (Lipinski definition) is 3. The molecule has 0 amide bonds. The zero-order valence-corrected chi connectivity index (χ0v) is 12.3. The Morgan fingerprint density at radius 3 is 2.71 bits per heavy atom. The van der Waals surface area contributed by atoms with Gasteiger partial charge < -0.3 is 4.42 Å². The van der Waals surface area contributed by atoms with Crippen LogP contribution in [0.5, 0.6) is 0 Å². The van der Waals surface area contributed by atoms with Crippen LogP contribution in [0.15, 0.2) is 21.4 Å². The minimum atomic E-state index is 0.171. The number of nitrogens with one attached hydrogen (secondary N) is 1. The zero-order chi connectivity index (χ0) is 12.7. The Bertz CT molecular complexity index is 314. The summed E-state index contributed by atoms with van der Waals surface area (Å²) >= 11 is 3.41. The first-order chi connectivity index (χ1) is 8.22. The number of unbranched alkanes of at least 4 members (excludes halogenated alkanes) is 1. The quantitative estimate of drug-likeness (QED) is 0.560. The van der Waals surface area contributed by atoms with Gasteiger partial charge in [-0.2, -0.15) is 0 Å². The molecule has 4 heteroatoms. The highest BCUT2D eigenvalue weighted by atomic mass is 79.9. The Balaban J connectivity index is 2.59. The molecule has 2 unspecified atom stereocenters. The van der Waals surface area contributed by atoms with Gasteiger partial charge in [-0.15, -0.1) is 0 Å². The normalized spacial score (nSPS) is 14.8. The van der Waals surface area contributed by atoms with Crippen LogP contribution in [0.25, 0.3) is 0 Å². The van der Waals surface area contributed by atoms with Crippen molar-refractivity contribution >= 4 is 15.9 Å². The number of hydrogen-bond donors (Lipinski definition) is 2. The molecule has 0 aliphatic rings. The van der Waals surface area contributed by atoms with E-state index in [0.29, 0.717) is 0 Å². The summed E-state index contributed by atoms with van der Waals surface area (Å²) in [5.41, 5.74) is 4.01. The highest BCUT2D eigenvalue weighted by Crippen LogP contribution is 2.31. The molecule has 1 rings (SSSR count). The van der Waals surface area contributed by atoms with Gasteiger partial charge in [0, 0.05) is 5.56 Å². The highest BCUT2D eigenvalue weighted by molar-refractivity contribution is 9.10. The summed E-state index contributed by atoms with van der Waals surface area (Å²) < 4.78 is 6.05. The van der Waals surface area contributed by atoms with Crippen LogP contribution in [0.3, 0.4) is 0 Å². The van der Waals surface area contributed by atoms with Gasteiger partial charge in [-0.05, 0) is 34.3 Å². The third-order valence-corrected chi connectivity index (χ3v) is 3.98. The summed E-state index contributed by atoms with van der Waals surface area (Å²) in [4.78, 5) is 0. The number of rotatable bonds is 8. The van der Waals surface area contributed by atoms with E-state index in [9.17, 15) is 0 Å². The van der Waals surface area contributed by atoms with Crippen molar-refractivity contribution in [2.45, 2.75) is 52.0 Å². The Kier molecular flexibility index (Phi) is 6.85. The van der Waals surface area contributed by atoms with Crippen LogP contribution < -0.4 is 11.3 Å². The highest BCUT2D eigenvalue weighted by Gasteiger charge is 2.19. The molecule has 0 bridgehead atoms. The van der Waals surface area contributed by atoms with Gasteiger partial charge in [0.05, 0.1) is 12.3 Å². The van der Waals surface area contributed by atoms with E-state index in [1.807, 2.05) is 6.07 Å². The van der Waals surface area contributed by atoms with Crippen molar-refractivity contribution in [2.24, 2.45) is 11.8 Å². The van der Waals surface area contributed by atoms with Crippen molar-refractivity contribution in [1.29, 1.82) is 0 Å². The van der Waals surface area contributed by atoms with E-state index in [4.69, 9.17) is 10.3 Å². The van der Waals surface area contributed by atoms with E-state index >= 15 is 0 Å². The monoisotopic (exact) mass is 302 g/mol. The molecular weight excluding hydrogens is 280 g/mol. The summed E-state index contributed by atoms with van der Waals surface area (Å²) in [5, 5.41) is 0. The van der Waals surface area contributed by atoms with E-state index in [1.54, 1.807) is 6.26 Å². The summed E-state index contributed by atoms with van der Waals surface area (Å²) in [6.45, 7) is 4.48. The number of nitrogens with two attached hydrogens (primary N) is 1. The molecule has 2 atom stereocenters. The van der Waals surface area contributed by atoms with Crippen LogP contribution in [-0.2, 0) is 0 Å². The number of halogens is 1. The molecule has 0 saturated heterocycles. The van der Waals surface area contributed by atoms with Crippen LogP contribution in [0.4, 0.5) is 0 Å². The second kappa shape index (κ2) is 7.90. The van der Waals surface area contributed by atoms with E-state index < -0.39 is 0 Å². The number of furan rings is 1. The molecule has 3 N–H and O–H groups in total. The molecular formula is C13H23BrN2O. The largest absolute Gasteiger partial charge is 0.457 e. The lowest BCUT2D eigenvalue weighted by molar-refractivity contribution is 0.353. The standard InChI is InChI=1S/C13H23BrN2O/c1-3-5-6-10(4-2)9-12(16-15)11-7-8-17-13(11)14/h7-8,10,12,16H,3-6,9,15H2,1-2H3. The lowest BCUT2D eigenvalue weighted by atomic mass is 9.90. The van der Waals surface area contributed by atoms with Gasteiger partial charge >= 0.3 is 0 Å². The van der Waals surface area contributed by atoms with Crippen LogP contribution in [0.1, 0.15) is 57.6 Å². The Hall–Kier alpha value is -0.320. The maximum atomic E-state index is 5.65. The van der Waals surface area contributed by atoms with Gasteiger partial charge in [0.25, 0.3) is 0 Å². The van der Waals surface area contributed by atoms with Gasteiger partial charge in [-0.1, -0.05) is 39.5 Å². The second-order valence-electron chi connectivity index (χ2n) is 4.52. The fraction of sp³-hybridized carbons (Fsp3) is 0.692. The predicted octanol–water partition coefficient (Wildman–Crippen LogP) is 4.15. The second-order valence-corrected chi connectivity index (χ2v) is 5.24. The van der Waals surface area contributed by atoms with Gasteiger partial charge in [-0.3, -0.25) is 11.3 Å². The van der Waals surface area contributed by atoms with Crippen molar-refractivity contribution in [3.8, 4) is 0 Å². The minimum Gasteiger partial charge on any atom is -0.457 e. The van der Waals surface area contributed by atoms with Crippen molar-refractivity contribution in [3.63, 3.8) is 0 Å². The number of hydrazine groups is 1. The van der Waals surface area contributed by atoms with Gasteiger partial charge in [0.2, 0.25) is 0 Å². The minimum absolute atomic E-state index is 0.171. The molecule has 0 radical (unpaired) electrons. The fourth-order valence-corrected chi connectivity index (χ4v) is 2.67. The van der Waals surface area contributed by atoms with Gasteiger partial charge in [0.1, 0.15) is 0 Å². The van der Waals surface area contributed by atoms with Crippen LogP contribution in [0.2, 0.25) is 0 Å². The van der Waals surface area contributed by atoms with Gasteiger partial charge in [0.15, 0.2) is 4.67 Å². The third kappa shape index (κ3) is 4.45. The van der Waals surface area contributed by atoms with Crippen molar-refractivity contribution in [1.82, 2.24) is 5.43 Å². The van der Waals surface area contributed by atoms with E-state index in [-0.39, 0.29) is 6.04 Å². The molecule has 0 aromatic carbocycles. The summed E-state index contributed by atoms with van der Waals surface area (Å²) in [7, 11) is 0. The molecule has 0 saturated carbocycles. The van der Waals surface area contributed by atoms with Crippen molar-refractivity contribution in [2.75, 3.05) is 0 Å². The molecule has 1 aromatic heterocycles. The maximum Gasteiger partial charge on any atom is 0.173 e. The molecule has 17 heavy (non-hydrogen) atoms. The first-order valence-corrected chi connectivity index (χ1v) is 7.21. The maximum absolute atomic E-state index is 5.65. The van der Waals surface area contributed by atoms with Crippen molar-refractivity contribution < 1.29 is 4.42 Å². The first kappa shape index (κ1) is 14.7. The average Bonchev–Trinajstić information content (AvgIpc) is 2.76. The molecule has 0 fully saturated rings. The van der Waals surface area contributed by atoms with Gasteiger partial charge in [-0.25, -0.2) is 0 Å².